The Kier molecular flexibility index (Phi) is 5.16. The molecule has 1 saturated carbocycles. The Morgan fingerprint density at radius 3 is 2.69 bits per heavy atom. The number of aryl methyl sites for hydroxylation is 1. The van der Waals surface area contributed by atoms with E-state index in [9.17, 15) is 4.79 Å². The molecule has 3 aromatic rings. The molecular formula is C21H23N5O3. The van der Waals surface area contributed by atoms with E-state index in [1.54, 1.807) is 6.33 Å². The number of hydrogen-bond acceptors (Lipinski definition) is 4. The van der Waals surface area contributed by atoms with Crippen LogP contribution in [0.15, 0.2) is 42.7 Å². The summed E-state index contributed by atoms with van der Waals surface area (Å²) in [6, 6.07) is 12.2. The Bertz CT molecular complexity index is 1010. The van der Waals surface area contributed by atoms with Gasteiger partial charge in [-0.05, 0) is 24.5 Å². The van der Waals surface area contributed by atoms with Gasteiger partial charge in [-0.2, -0.15) is 5.10 Å². The maximum atomic E-state index is 13.1. The molecule has 1 aliphatic carbocycles. The standard InChI is InChI=1S/C20H21N5O.CH2O2/c1-24-18(14-7-8-14)9-16(23-24)20(26)25-10-15(13-5-3-2-4-6-13)19-17(11-25)21-12-22-19;2-1-3/h2-6,9,12,14-15H,7-8,10-11H2,1H3,(H,21,22);1H,(H,2,3). The first kappa shape index (κ1) is 18.9. The van der Waals surface area contributed by atoms with Gasteiger partial charge >= 0.3 is 0 Å². The van der Waals surface area contributed by atoms with Crippen molar-refractivity contribution in [1.82, 2.24) is 24.6 Å². The summed E-state index contributed by atoms with van der Waals surface area (Å²) in [5.74, 6) is 0.655. The second-order valence-electron chi connectivity index (χ2n) is 7.37. The van der Waals surface area contributed by atoms with Gasteiger partial charge in [0.15, 0.2) is 5.69 Å². The summed E-state index contributed by atoms with van der Waals surface area (Å²) in [6.45, 7) is 0.920. The fourth-order valence-corrected chi connectivity index (χ4v) is 3.93. The predicted molar refractivity (Wildman–Crippen MR) is 105 cm³/mol. The van der Waals surface area contributed by atoms with Crippen molar-refractivity contribution in [3.63, 3.8) is 0 Å². The first-order valence-corrected chi connectivity index (χ1v) is 9.60. The first-order valence-electron chi connectivity index (χ1n) is 9.60. The molecule has 8 heteroatoms. The molecule has 5 rings (SSSR count). The maximum Gasteiger partial charge on any atom is 0.290 e. The molecule has 3 heterocycles. The molecule has 1 amide bonds. The number of aromatic amines is 1. The van der Waals surface area contributed by atoms with Crippen molar-refractivity contribution in [3.05, 3.63) is 71.1 Å². The van der Waals surface area contributed by atoms with Crippen molar-refractivity contribution in [1.29, 1.82) is 0 Å². The Labute approximate surface area is 168 Å². The van der Waals surface area contributed by atoms with E-state index in [-0.39, 0.29) is 18.3 Å². The number of rotatable bonds is 3. The number of carbonyl (C=O) groups is 2. The smallest absolute Gasteiger partial charge is 0.290 e. The average molecular weight is 393 g/mol. The van der Waals surface area contributed by atoms with E-state index in [0.29, 0.717) is 24.7 Å². The summed E-state index contributed by atoms with van der Waals surface area (Å²) in [5, 5.41) is 11.4. The van der Waals surface area contributed by atoms with Gasteiger partial charge in [0.2, 0.25) is 0 Å². The van der Waals surface area contributed by atoms with E-state index in [1.165, 1.54) is 24.1 Å². The molecule has 1 aromatic carbocycles. The summed E-state index contributed by atoms with van der Waals surface area (Å²) in [5.41, 5.74) is 4.95. The van der Waals surface area contributed by atoms with Gasteiger partial charge in [-0.15, -0.1) is 0 Å². The highest BCUT2D eigenvalue weighted by Crippen LogP contribution is 2.40. The number of carbonyl (C=O) groups excluding carboxylic acids is 1. The molecule has 150 valence electrons. The molecular weight excluding hydrogens is 370 g/mol. The molecule has 8 nitrogen and oxygen atoms in total. The van der Waals surface area contributed by atoms with Gasteiger partial charge in [0.25, 0.3) is 12.4 Å². The summed E-state index contributed by atoms with van der Waals surface area (Å²) in [4.78, 5) is 31.1. The SMILES string of the molecule is Cn1nc(C(=O)N2Cc3[nH]cnc3C(c3ccccc3)C2)cc1C1CC1.O=CO. The quantitative estimate of drug-likeness (QED) is 0.666. The van der Waals surface area contributed by atoms with Crippen LogP contribution >= 0.6 is 0 Å². The highest BCUT2D eigenvalue weighted by molar-refractivity contribution is 5.92. The van der Waals surface area contributed by atoms with Crippen LogP contribution < -0.4 is 0 Å². The minimum absolute atomic E-state index is 0.00585. The maximum absolute atomic E-state index is 13.1. The van der Waals surface area contributed by atoms with E-state index >= 15 is 0 Å². The second kappa shape index (κ2) is 7.90. The Morgan fingerprint density at radius 2 is 2.00 bits per heavy atom. The second-order valence-corrected chi connectivity index (χ2v) is 7.37. The largest absolute Gasteiger partial charge is 0.483 e. The lowest BCUT2D eigenvalue weighted by Crippen LogP contribution is -2.39. The Balaban J connectivity index is 0.000000645. The number of hydrogen-bond donors (Lipinski definition) is 2. The highest BCUT2D eigenvalue weighted by atomic mass is 16.3. The van der Waals surface area contributed by atoms with Crippen LogP contribution in [-0.4, -0.2) is 48.7 Å². The van der Waals surface area contributed by atoms with Gasteiger partial charge in [0.1, 0.15) is 0 Å². The lowest BCUT2D eigenvalue weighted by molar-refractivity contribution is -0.122. The van der Waals surface area contributed by atoms with Crippen LogP contribution in [0.2, 0.25) is 0 Å². The highest BCUT2D eigenvalue weighted by Gasteiger charge is 2.34. The van der Waals surface area contributed by atoms with E-state index < -0.39 is 0 Å². The molecule has 1 atom stereocenters. The molecule has 29 heavy (non-hydrogen) atoms. The van der Waals surface area contributed by atoms with E-state index in [2.05, 4.69) is 27.2 Å². The summed E-state index contributed by atoms with van der Waals surface area (Å²) in [6.07, 6.45) is 4.12. The topological polar surface area (TPSA) is 104 Å². The zero-order valence-electron chi connectivity index (χ0n) is 16.2. The van der Waals surface area contributed by atoms with Gasteiger partial charge in [-0.25, -0.2) is 4.98 Å². The molecule has 1 fully saturated rings. The van der Waals surface area contributed by atoms with Crippen LogP contribution in [0.4, 0.5) is 0 Å². The van der Waals surface area contributed by atoms with E-state index in [4.69, 9.17) is 9.90 Å². The third-order valence-electron chi connectivity index (χ3n) is 5.45. The monoisotopic (exact) mass is 393 g/mol. The zero-order valence-corrected chi connectivity index (χ0v) is 16.2. The number of carboxylic acid groups (broad SMARTS) is 1. The van der Waals surface area contributed by atoms with Crippen molar-refractivity contribution in [2.24, 2.45) is 7.05 Å². The molecule has 0 saturated heterocycles. The minimum atomic E-state index is -0.250. The number of nitrogens with one attached hydrogen (secondary N) is 1. The predicted octanol–water partition coefficient (Wildman–Crippen LogP) is 2.51. The summed E-state index contributed by atoms with van der Waals surface area (Å²) < 4.78 is 1.87. The molecule has 0 bridgehead atoms. The molecule has 0 spiro atoms. The van der Waals surface area contributed by atoms with Gasteiger partial charge in [-0.3, -0.25) is 14.3 Å². The number of benzene rings is 1. The molecule has 1 aliphatic heterocycles. The van der Waals surface area contributed by atoms with Crippen molar-refractivity contribution >= 4 is 12.4 Å². The normalized spacial score (nSPS) is 17.8. The Morgan fingerprint density at radius 1 is 1.28 bits per heavy atom. The molecule has 2 aromatic heterocycles. The van der Waals surface area contributed by atoms with E-state index in [0.717, 1.165) is 11.4 Å². The van der Waals surface area contributed by atoms with Crippen LogP contribution in [0.3, 0.4) is 0 Å². The Hall–Kier alpha value is -3.42. The van der Waals surface area contributed by atoms with Crippen LogP contribution in [0, 0.1) is 0 Å². The fourth-order valence-electron chi connectivity index (χ4n) is 3.93. The average Bonchev–Trinajstić information content (AvgIpc) is 3.33. The lowest BCUT2D eigenvalue weighted by atomic mass is 9.91. The van der Waals surface area contributed by atoms with Gasteiger partial charge in [0, 0.05) is 31.1 Å². The molecule has 0 radical (unpaired) electrons. The summed E-state index contributed by atoms with van der Waals surface area (Å²) in [7, 11) is 1.93. The van der Waals surface area contributed by atoms with Crippen molar-refractivity contribution < 1.29 is 14.7 Å². The van der Waals surface area contributed by atoms with Crippen LogP contribution in [-0.2, 0) is 18.4 Å². The first-order chi connectivity index (χ1) is 14.1. The summed E-state index contributed by atoms with van der Waals surface area (Å²) >= 11 is 0. The molecule has 1 unspecified atom stereocenters. The van der Waals surface area contributed by atoms with Gasteiger partial charge in [-0.1, -0.05) is 30.3 Å². The van der Waals surface area contributed by atoms with Crippen molar-refractivity contribution in [3.8, 4) is 0 Å². The molecule has 2 N–H and O–H groups in total. The van der Waals surface area contributed by atoms with Crippen molar-refractivity contribution in [2.45, 2.75) is 31.2 Å². The number of nitrogens with zero attached hydrogens (tertiary/aromatic N) is 4. The van der Waals surface area contributed by atoms with Crippen LogP contribution in [0.25, 0.3) is 0 Å². The zero-order chi connectivity index (χ0) is 20.4. The number of fused-ring (bicyclic) bond motifs is 1. The number of imidazole rings is 1. The number of amides is 1. The van der Waals surface area contributed by atoms with Crippen LogP contribution in [0.1, 0.15) is 57.8 Å². The third-order valence-corrected chi connectivity index (χ3v) is 5.45. The lowest BCUT2D eigenvalue weighted by Gasteiger charge is -2.31. The number of aromatic nitrogens is 4. The van der Waals surface area contributed by atoms with Crippen molar-refractivity contribution in [2.75, 3.05) is 6.54 Å². The third kappa shape index (κ3) is 3.78. The molecule has 2 aliphatic rings. The van der Waals surface area contributed by atoms with Gasteiger partial charge < -0.3 is 15.0 Å². The number of H-pyrrole nitrogens is 1. The minimum Gasteiger partial charge on any atom is -0.483 e. The van der Waals surface area contributed by atoms with Gasteiger partial charge in [0.05, 0.1) is 24.3 Å². The fraction of sp³-hybridized carbons (Fsp3) is 0.333. The van der Waals surface area contributed by atoms with E-state index in [1.807, 2.05) is 40.9 Å². The van der Waals surface area contributed by atoms with Crippen LogP contribution in [0.5, 0.6) is 0 Å².